The zero-order valence-corrected chi connectivity index (χ0v) is 36.7. The van der Waals surface area contributed by atoms with Crippen LogP contribution in [0.1, 0.15) is 67.9 Å². The van der Waals surface area contributed by atoms with Crippen molar-refractivity contribution in [3.63, 3.8) is 0 Å². The van der Waals surface area contributed by atoms with Crippen LogP contribution in [0.15, 0.2) is 60.7 Å². The van der Waals surface area contributed by atoms with Crippen molar-refractivity contribution in [2.24, 2.45) is 5.92 Å². The monoisotopic (exact) mass is 902 g/mol. The second-order valence-electron chi connectivity index (χ2n) is 15.0. The van der Waals surface area contributed by atoms with Crippen molar-refractivity contribution in [3.05, 3.63) is 77.4 Å². The minimum atomic E-state index is -1.21. The molecule has 0 aliphatic rings. The van der Waals surface area contributed by atoms with Crippen molar-refractivity contribution in [3.8, 4) is 12.0 Å². The normalized spacial score (nSPS) is 12.1. The van der Waals surface area contributed by atoms with Gasteiger partial charge in [-0.15, -0.1) is 0 Å². The van der Waals surface area contributed by atoms with Gasteiger partial charge in [0.05, 0.1) is 46.1 Å². The number of carbonyl (C=O) groups excluding carboxylic acids is 5. The van der Waals surface area contributed by atoms with Crippen molar-refractivity contribution in [2.45, 2.75) is 65.1 Å². The Morgan fingerprint density at radius 3 is 2.18 bits per heavy atom. The summed E-state index contributed by atoms with van der Waals surface area (Å²) in [5.41, 5.74) is 8.59. The second-order valence-corrected chi connectivity index (χ2v) is 15.0. The van der Waals surface area contributed by atoms with E-state index in [2.05, 4.69) is 41.5 Å². The molecule has 0 bridgehead atoms. The van der Waals surface area contributed by atoms with E-state index in [1.165, 1.54) is 10.6 Å². The molecule has 2 aromatic carbocycles. The zero-order chi connectivity index (χ0) is 47.1. The van der Waals surface area contributed by atoms with Gasteiger partial charge in [-0.3, -0.25) is 33.3 Å². The molecule has 2 aromatic heterocycles. The first-order chi connectivity index (χ1) is 31.2. The van der Waals surface area contributed by atoms with E-state index in [9.17, 15) is 39.0 Å². The van der Waals surface area contributed by atoms with E-state index in [0.717, 1.165) is 24.0 Å². The number of nitrogen functional groups attached to an aromatic ring is 1. The van der Waals surface area contributed by atoms with Crippen molar-refractivity contribution in [1.29, 1.82) is 0 Å². The fourth-order valence-corrected chi connectivity index (χ4v) is 6.00. The van der Waals surface area contributed by atoms with Crippen LogP contribution >= 0.6 is 0 Å². The number of anilines is 1. The average molecular weight is 903 g/mol. The molecule has 0 saturated carbocycles. The number of ether oxygens (including phenoxy) is 3. The Hall–Kier alpha value is -7.13. The largest absolute Gasteiger partial charge is 0.481 e. The van der Waals surface area contributed by atoms with Gasteiger partial charge >= 0.3 is 12.0 Å². The van der Waals surface area contributed by atoms with Crippen LogP contribution in [0, 0.1) is 5.92 Å². The molecule has 0 spiro atoms. The molecule has 4 aromatic rings. The van der Waals surface area contributed by atoms with E-state index in [-0.39, 0.29) is 81.7 Å². The number of rotatable bonds is 28. The number of hydrogen-bond donors (Lipinski definition) is 8. The summed E-state index contributed by atoms with van der Waals surface area (Å²) in [6, 6.07) is 13.4. The maximum absolute atomic E-state index is 13.2. The molecule has 2 atom stereocenters. The number of imidazole rings is 1. The van der Waals surface area contributed by atoms with Crippen molar-refractivity contribution in [2.75, 3.05) is 58.4 Å². The molecule has 21 heteroatoms. The zero-order valence-electron chi connectivity index (χ0n) is 36.7. The lowest BCUT2D eigenvalue weighted by atomic mass is 10.0. The predicted molar refractivity (Wildman–Crippen MR) is 238 cm³/mol. The summed E-state index contributed by atoms with van der Waals surface area (Å²) < 4.78 is 18.1. The SMILES string of the molecule is CCCCOc1nc(N)c2nc(O)n(Cc3ccc(C(=O)NCCOCCOCCNC(=O)C(CCC(=O)O)NC(=O)C(NC(=O)CNC(=O)C=Cc4ccccc4)C(C)C)cc3)c2n1. The number of carboxylic acid groups (broad SMARTS) is 1. The Morgan fingerprint density at radius 2 is 1.52 bits per heavy atom. The van der Waals surface area contributed by atoms with Crippen LogP contribution in [-0.2, 0) is 40.0 Å². The number of amides is 5. The van der Waals surface area contributed by atoms with Gasteiger partial charge in [-0.25, -0.2) is 0 Å². The van der Waals surface area contributed by atoms with Crippen molar-refractivity contribution < 1.29 is 53.2 Å². The Morgan fingerprint density at radius 1 is 0.831 bits per heavy atom. The van der Waals surface area contributed by atoms with Gasteiger partial charge in [0.2, 0.25) is 23.6 Å². The van der Waals surface area contributed by atoms with Crippen molar-refractivity contribution >= 4 is 58.6 Å². The minimum Gasteiger partial charge on any atom is -0.481 e. The molecule has 21 nitrogen and oxygen atoms in total. The van der Waals surface area contributed by atoms with Gasteiger partial charge < -0.3 is 56.7 Å². The maximum atomic E-state index is 13.2. The smallest absolute Gasteiger partial charge is 0.320 e. The van der Waals surface area contributed by atoms with Crippen LogP contribution in [0.4, 0.5) is 5.82 Å². The average Bonchev–Trinajstić information content (AvgIpc) is 3.60. The number of hydrogen-bond acceptors (Lipinski definition) is 14. The fourth-order valence-electron chi connectivity index (χ4n) is 6.00. The Bertz CT molecular complexity index is 2230. The lowest BCUT2D eigenvalue weighted by Crippen LogP contribution is -2.56. The van der Waals surface area contributed by atoms with E-state index in [1.807, 2.05) is 37.3 Å². The standard InChI is InChI=1S/C44H58N10O11/c1-4-5-21-65-43-52-38(45)37-39(53-43)54(44(62)51-37)27-30-11-14-31(15-12-30)40(59)46-19-22-63-24-25-64-23-20-47-41(60)32(16-18-35(57)58)49-42(61)36(28(2)3)50-34(56)26-48-33(55)17-13-29-9-7-6-8-10-29/h6-15,17,28,32,36H,4-5,16,18-27H2,1-3H3,(H,46,59)(H,47,60)(H,48,55)(H,49,61)(H,50,56)(H,51,62)(H,57,58)(H2,45,52,53). The van der Waals surface area contributed by atoms with E-state index in [1.54, 1.807) is 44.2 Å². The molecule has 5 amide bonds. The molecule has 0 fully saturated rings. The predicted octanol–water partition coefficient (Wildman–Crippen LogP) is 1.54. The van der Waals surface area contributed by atoms with E-state index >= 15 is 0 Å². The fraction of sp³-hybridized carbons (Fsp3) is 0.432. The van der Waals surface area contributed by atoms with Gasteiger partial charge in [-0.2, -0.15) is 15.0 Å². The highest BCUT2D eigenvalue weighted by Gasteiger charge is 2.29. The highest BCUT2D eigenvalue weighted by atomic mass is 16.5. The highest BCUT2D eigenvalue weighted by molar-refractivity contribution is 5.96. The first-order valence-corrected chi connectivity index (χ1v) is 21.2. The number of carbonyl (C=O) groups is 6. The number of aliphatic carboxylic acids is 1. The Balaban J connectivity index is 1.12. The summed E-state index contributed by atoms with van der Waals surface area (Å²) in [6.07, 6.45) is 4.02. The second kappa shape index (κ2) is 26.5. The molecule has 0 radical (unpaired) electrons. The summed E-state index contributed by atoms with van der Waals surface area (Å²) in [5, 5.41) is 32.7. The lowest BCUT2D eigenvalue weighted by Gasteiger charge is -2.25. The topological polar surface area (TPSA) is 300 Å². The Kier molecular flexibility index (Phi) is 20.6. The third kappa shape index (κ3) is 17.2. The molecular weight excluding hydrogens is 845 g/mol. The van der Waals surface area contributed by atoms with Crippen LogP contribution < -0.4 is 37.1 Å². The van der Waals surface area contributed by atoms with Gasteiger partial charge in [0, 0.05) is 31.1 Å². The van der Waals surface area contributed by atoms with E-state index in [4.69, 9.17) is 19.9 Å². The van der Waals surface area contributed by atoms with Gasteiger partial charge in [0.15, 0.2) is 17.0 Å². The van der Waals surface area contributed by atoms with Crippen LogP contribution in [-0.4, -0.2) is 130 Å². The third-order valence-corrected chi connectivity index (χ3v) is 9.51. The first-order valence-electron chi connectivity index (χ1n) is 21.2. The maximum Gasteiger partial charge on any atom is 0.320 e. The summed E-state index contributed by atoms with van der Waals surface area (Å²) >= 11 is 0. The summed E-state index contributed by atoms with van der Waals surface area (Å²) in [5.74, 6) is -4.27. The highest BCUT2D eigenvalue weighted by Crippen LogP contribution is 2.26. The van der Waals surface area contributed by atoms with Crippen LogP contribution in [0.25, 0.3) is 17.2 Å². The molecule has 2 unspecified atom stereocenters. The molecule has 0 aliphatic carbocycles. The molecule has 4 rings (SSSR count). The first kappa shape index (κ1) is 50.5. The number of nitrogens with one attached hydrogen (secondary N) is 5. The molecule has 9 N–H and O–H groups in total. The summed E-state index contributed by atoms with van der Waals surface area (Å²) in [7, 11) is 0. The number of aromatic hydroxyl groups is 1. The summed E-state index contributed by atoms with van der Waals surface area (Å²) in [4.78, 5) is 87.7. The van der Waals surface area contributed by atoms with Gasteiger partial charge in [0.1, 0.15) is 12.1 Å². The quantitative estimate of drug-likeness (QED) is 0.0296. The van der Waals surface area contributed by atoms with Crippen LogP contribution in [0.2, 0.25) is 0 Å². The molecule has 350 valence electrons. The van der Waals surface area contributed by atoms with Crippen LogP contribution in [0.5, 0.6) is 12.0 Å². The lowest BCUT2D eigenvalue weighted by molar-refractivity contribution is -0.138. The number of fused-ring (bicyclic) bond motifs is 1. The number of nitrogens with zero attached hydrogens (tertiary/aromatic N) is 4. The number of nitrogens with two attached hydrogens (primary N) is 1. The van der Waals surface area contributed by atoms with Gasteiger partial charge in [-0.05, 0) is 48.1 Å². The molecular formula is C44H58N10O11. The van der Waals surface area contributed by atoms with Crippen LogP contribution in [0.3, 0.4) is 0 Å². The Labute approximate surface area is 375 Å². The third-order valence-electron chi connectivity index (χ3n) is 9.51. The minimum absolute atomic E-state index is 0.0496. The van der Waals surface area contributed by atoms with Gasteiger partial charge in [-0.1, -0.05) is 69.7 Å². The van der Waals surface area contributed by atoms with Crippen molar-refractivity contribution in [1.82, 2.24) is 46.1 Å². The number of carboxylic acids is 1. The number of benzene rings is 2. The molecule has 0 saturated heterocycles. The molecule has 65 heavy (non-hydrogen) atoms. The van der Waals surface area contributed by atoms with Gasteiger partial charge in [0.25, 0.3) is 11.9 Å². The number of aromatic nitrogens is 4. The summed E-state index contributed by atoms with van der Waals surface area (Å²) in [6.45, 7) is 6.57. The molecule has 2 heterocycles. The molecule has 0 aliphatic heterocycles. The van der Waals surface area contributed by atoms with E-state index < -0.39 is 60.6 Å². The number of unbranched alkanes of at least 4 members (excludes halogenated alkanes) is 1. The van der Waals surface area contributed by atoms with E-state index in [0.29, 0.717) is 17.8 Å².